The molecule has 0 unspecified atom stereocenters. The maximum Gasteiger partial charge on any atom is 0.171 e. The zero-order valence-electron chi connectivity index (χ0n) is 9.14. The number of pyridine rings is 1. The molecule has 0 spiro atoms. The minimum atomic E-state index is -0.366. The Morgan fingerprint density at radius 1 is 1.17 bits per heavy atom. The van der Waals surface area contributed by atoms with E-state index in [-0.39, 0.29) is 5.82 Å². The average molecular weight is 307 g/mol. The standard InChI is InChI=1S/C12H8BrFN4/c13-9-3-1-2-8(11(9)14)12-17-16-10-5-4-7(15)6-18(10)12/h1-6H,15H2. The molecule has 3 rings (SSSR count). The van der Waals surface area contributed by atoms with Gasteiger partial charge in [0, 0.05) is 11.9 Å². The van der Waals surface area contributed by atoms with E-state index >= 15 is 0 Å². The zero-order chi connectivity index (χ0) is 12.7. The lowest BCUT2D eigenvalue weighted by Gasteiger charge is -2.03. The van der Waals surface area contributed by atoms with E-state index in [9.17, 15) is 4.39 Å². The SMILES string of the molecule is Nc1ccc2nnc(-c3cccc(Br)c3F)n2c1. The number of hydrogen-bond donors (Lipinski definition) is 1. The van der Waals surface area contributed by atoms with Crippen LogP contribution in [-0.2, 0) is 0 Å². The second-order valence-corrected chi connectivity index (χ2v) is 4.67. The molecule has 0 aliphatic carbocycles. The minimum Gasteiger partial charge on any atom is -0.398 e. The molecule has 6 heteroatoms. The Labute approximate surface area is 110 Å². The van der Waals surface area contributed by atoms with Crippen LogP contribution in [0.15, 0.2) is 41.0 Å². The third kappa shape index (κ3) is 1.65. The van der Waals surface area contributed by atoms with Crippen LogP contribution in [0.2, 0.25) is 0 Å². The summed E-state index contributed by atoms with van der Waals surface area (Å²) < 4.78 is 16.1. The molecule has 0 radical (unpaired) electrons. The van der Waals surface area contributed by atoms with E-state index in [2.05, 4.69) is 26.1 Å². The number of rotatable bonds is 1. The maximum absolute atomic E-state index is 14.0. The van der Waals surface area contributed by atoms with Gasteiger partial charge in [-0.05, 0) is 40.2 Å². The molecule has 0 bridgehead atoms. The molecule has 3 aromatic rings. The Morgan fingerprint density at radius 3 is 2.83 bits per heavy atom. The van der Waals surface area contributed by atoms with Crippen molar-refractivity contribution >= 4 is 27.3 Å². The first-order valence-electron chi connectivity index (χ1n) is 5.21. The predicted octanol–water partition coefficient (Wildman–Crippen LogP) is 2.88. The van der Waals surface area contributed by atoms with Gasteiger partial charge in [0.15, 0.2) is 11.5 Å². The van der Waals surface area contributed by atoms with Gasteiger partial charge in [0.2, 0.25) is 0 Å². The molecule has 4 nitrogen and oxygen atoms in total. The summed E-state index contributed by atoms with van der Waals surface area (Å²) in [4.78, 5) is 0. The summed E-state index contributed by atoms with van der Waals surface area (Å²) >= 11 is 3.15. The van der Waals surface area contributed by atoms with E-state index in [0.29, 0.717) is 27.2 Å². The number of fused-ring (bicyclic) bond motifs is 1. The van der Waals surface area contributed by atoms with Crippen molar-refractivity contribution in [3.63, 3.8) is 0 Å². The van der Waals surface area contributed by atoms with E-state index < -0.39 is 0 Å². The molecule has 18 heavy (non-hydrogen) atoms. The summed E-state index contributed by atoms with van der Waals surface area (Å²) in [5, 5.41) is 7.99. The van der Waals surface area contributed by atoms with Gasteiger partial charge >= 0.3 is 0 Å². The monoisotopic (exact) mass is 306 g/mol. The fraction of sp³-hybridized carbons (Fsp3) is 0. The Morgan fingerprint density at radius 2 is 2.00 bits per heavy atom. The van der Waals surface area contributed by atoms with Crippen LogP contribution in [0.5, 0.6) is 0 Å². The molecule has 0 saturated heterocycles. The fourth-order valence-corrected chi connectivity index (χ4v) is 2.13. The van der Waals surface area contributed by atoms with Crippen molar-refractivity contribution in [3.8, 4) is 11.4 Å². The first-order chi connectivity index (χ1) is 8.66. The smallest absolute Gasteiger partial charge is 0.171 e. The topological polar surface area (TPSA) is 56.2 Å². The highest BCUT2D eigenvalue weighted by atomic mass is 79.9. The molecule has 2 aromatic heterocycles. The highest BCUT2D eigenvalue weighted by Crippen LogP contribution is 2.27. The van der Waals surface area contributed by atoms with Crippen LogP contribution >= 0.6 is 15.9 Å². The van der Waals surface area contributed by atoms with E-state index in [1.165, 1.54) is 0 Å². The van der Waals surface area contributed by atoms with E-state index in [0.717, 1.165) is 0 Å². The molecule has 1 aromatic carbocycles. The Hall–Kier alpha value is -1.95. The minimum absolute atomic E-state index is 0.366. The van der Waals surface area contributed by atoms with Crippen molar-refractivity contribution in [1.82, 2.24) is 14.6 Å². The molecule has 2 N–H and O–H groups in total. The highest BCUT2D eigenvalue weighted by Gasteiger charge is 2.14. The lowest BCUT2D eigenvalue weighted by atomic mass is 10.2. The van der Waals surface area contributed by atoms with E-state index in [1.807, 2.05) is 0 Å². The number of benzene rings is 1. The molecule has 0 atom stereocenters. The number of halogens is 2. The number of aromatic nitrogens is 3. The second-order valence-electron chi connectivity index (χ2n) is 3.82. The number of hydrogen-bond acceptors (Lipinski definition) is 3. The number of anilines is 1. The lowest BCUT2D eigenvalue weighted by molar-refractivity contribution is 0.623. The molecule has 0 amide bonds. The third-order valence-corrected chi connectivity index (χ3v) is 3.23. The van der Waals surface area contributed by atoms with Crippen molar-refractivity contribution in [1.29, 1.82) is 0 Å². The highest BCUT2D eigenvalue weighted by molar-refractivity contribution is 9.10. The number of nitrogens with two attached hydrogens (primary N) is 1. The van der Waals surface area contributed by atoms with Gasteiger partial charge in [-0.1, -0.05) is 6.07 Å². The molecule has 90 valence electrons. The quantitative estimate of drug-likeness (QED) is 0.752. The van der Waals surface area contributed by atoms with E-state index in [1.54, 1.807) is 40.9 Å². The van der Waals surface area contributed by atoms with E-state index in [4.69, 9.17) is 5.73 Å². The van der Waals surface area contributed by atoms with Crippen LogP contribution in [0.3, 0.4) is 0 Å². The first-order valence-corrected chi connectivity index (χ1v) is 6.01. The van der Waals surface area contributed by atoms with Crippen molar-refractivity contribution < 1.29 is 4.39 Å². The van der Waals surface area contributed by atoms with Gasteiger partial charge in [-0.2, -0.15) is 0 Å². The van der Waals surface area contributed by atoms with Crippen LogP contribution in [0.25, 0.3) is 17.0 Å². The van der Waals surface area contributed by atoms with Gasteiger partial charge in [-0.15, -0.1) is 10.2 Å². The van der Waals surface area contributed by atoms with Crippen LogP contribution in [0.4, 0.5) is 10.1 Å². The van der Waals surface area contributed by atoms with Gasteiger partial charge in [-0.3, -0.25) is 4.40 Å². The van der Waals surface area contributed by atoms with Gasteiger partial charge in [0.25, 0.3) is 0 Å². The maximum atomic E-state index is 14.0. The summed E-state index contributed by atoms with van der Waals surface area (Å²) in [7, 11) is 0. The normalized spacial score (nSPS) is 11.0. The van der Waals surface area contributed by atoms with Gasteiger partial charge in [-0.25, -0.2) is 4.39 Å². The summed E-state index contributed by atoms with van der Waals surface area (Å²) in [5.41, 5.74) is 7.29. The first kappa shape index (κ1) is 11.2. The molecule has 0 aliphatic rings. The van der Waals surface area contributed by atoms with Crippen molar-refractivity contribution in [3.05, 3.63) is 46.8 Å². The van der Waals surface area contributed by atoms with Crippen molar-refractivity contribution in [2.45, 2.75) is 0 Å². The molecule has 0 saturated carbocycles. The van der Waals surface area contributed by atoms with Crippen LogP contribution in [-0.4, -0.2) is 14.6 Å². The van der Waals surface area contributed by atoms with Crippen LogP contribution in [0.1, 0.15) is 0 Å². The summed E-state index contributed by atoms with van der Waals surface area (Å²) in [5.74, 6) is 0.0605. The number of nitrogens with zero attached hydrogens (tertiary/aromatic N) is 3. The predicted molar refractivity (Wildman–Crippen MR) is 70.5 cm³/mol. The molecule has 2 heterocycles. The third-order valence-electron chi connectivity index (χ3n) is 2.62. The average Bonchev–Trinajstić information content (AvgIpc) is 2.75. The van der Waals surface area contributed by atoms with Crippen molar-refractivity contribution in [2.24, 2.45) is 0 Å². The molecule has 0 aliphatic heterocycles. The Bertz CT molecular complexity index is 738. The zero-order valence-corrected chi connectivity index (χ0v) is 10.7. The Balaban J connectivity index is 2.32. The van der Waals surface area contributed by atoms with Crippen LogP contribution < -0.4 is 5.73 Å². The molecule has 0 fully saturated rings. The Kier molecular flexibility index (Phi) is 2.52. The van der Waals surface area contributed by atoms with Gasteiger partial charge < -0.3 is 5.73 Å². The lowest BCUT2D eigenvalue weighted by Crippen LogP contribution is -1.95. The fourth-order valence-electron chi connectivity index (χ4n) is 1.77. The van der Waals surface area contributed by atoms with Crippen LogP contribution in [0, 0.1) is 5.82 Å². The number of nitrogen functional groups attached to an aromatic ring is 1. The molecular weight excluding hydrogens is 299 g/mol. The van der Waals surface area contributed by atoms with Crippen molar-refractivity contribution in [2.75, 3.05) is 5.73 Å². The van der Waals surface area contributed by atoms with Gasteiger partial charge in [0.1, 0.15) is 5.82 Å². The van der Waals surface area contributed by atoms with Gasteiger partial charge in [0.05, 0.1) is 10.0 Å². The summed E-state index contributed by atoms with van der Waals surface area (Å²) in [6, 6.07) is 8.50. The molecular formula is C12H8BrFN4. The summed E-state index contributed by atoms with van der Waals surface area (Å²) in [6.07, 6.45) is 1.67. The largest absolute Gasteiger partial charge is 0.398 e. The summed E-state index contributed by atoms with van der Waals surface area (Å²) in [6.45, 7) is 0. The second kappa shape index (κ2) is 4.06.